The highest BCUT2D eigenvalue weighted by molar-refractivity contribution is 7.99. The summed E-state index contributed by atoms with van der Waals surface area (Å²) < 4.78 is 0. The van der Waals surface area contributed by atoms with Crippen LogP contribution in [0.25, 0.3) is 0 Å². The van der Waals surface area contributed by atoms with Gasteiger partial charge in [-0.3, -0.25) is 0 Å². The number of benzene rings is 1. The van der Waals surface area contributed by atoms with Crippen molar-refractivity contribution in [1.29, 1.82) is 0 Å². The number of thioether (sulfide) groups is 1. The summed E-state index contributed by atoms with van der Waals surface area (Å²) in [6.07, 6.45) is 1.22. The molecule has 0 aliphatic carbocycles. The third kappa shape index (κ3) is 3.65. The Kier molecular flexibility index (Phi) is 4.75. The number of nitrogens with zero attached hydrogens (tertiary/aromatic N) is 1. The summed E-state index contributed by atoms with van der Waals surface area (Å²) in [5.41, 5.74) is 1.37. The van der Waals surface area contributed by atoms with E-state index in [1.807, 2.05) is 11.8 Å². The first-order chi connectivity index (χ1) is 8.29. The zero-order valence-corrected chi connectivity index (χ0v) is 11.6. The molecule has 1 atom stereocenters. The van der Waals surface area contributed by atoms with Gasteiger partial charge in [0.15, 0.2) is 0 Å². The fourth-order valence-corrected chi connectivity index (χ4v) is 2.97. The maximum atomic E-state index is 3.39. The number of hydrogen-bond donors (Lipinski definition) is 1. The highest BCUT2D eigenvalue weighted by atomic mass is 32.2. The van der Waals surface area contributed by atoms with E-state index in [1.165, 1.54) is 17.0 Å². The third-order valence-electron chi connectivity index (χ3n) is 3.21. The molecule has 2 rings (SSSR count). The van der Waals surface area contributed by atoms with Gasteiger partial charge in [-0.2, -0.15) is 0 Å². The second-order valence-corrected chi connectivity index (χ2v) is 6.08. The van der Waals surface area contributed by atoms with E-state index in [0.29, 0.717) is 5.25 Å². The van der Waals surface area contributed by atoms with Crippen molar-refractivity contribution in [2.45, 2.75) is 30.4 Å². The van der Waals surface area contributed by atoms with Gasteiger partial charge in [-0.15, -0.1) is 11.8 Å². The van der Waals surface area contributed by atoms with Crippen molar-refractivity contribution in [3.05, 3.63) is 24.3 Å². The molecular weight excluding hydrogens is 228 g/mol. The van der Waals surface area contributed by atoms with Crippen molar-refractivity contribution in [2.75, 3.05) is 31.1 Å². The molecule has 1 unspecified atom stereocenters. The molecule has 1 aromatic rings. The molecule has 3 heteroatoms. The molecule has 0 aromatic heterocycles. The molecule has 17 heavy (non-hydrogen) atoms. The summed E-state index contributed by atoms with van der Waals surface area (Å²) in [5, 5.41) is 4.10. The van der Waals surface area contributed by atoms with Crippen LogP contribution in [0.5, 0.6) is 0 Å². The lowest BCUT2D eigenvalue weighted by atomic mass is 10.2. The van der Waals surface area contributed by atoms with Crippen LogP contribution < -0.4 is 10.2 Å². The summed E-state index contributed by atoms with van der Waals surface area (Å²) in [4.78, 5) is 3.87. The molecule has 0 bridgehead atoms. The summed E-state index contributed by atoms with van der Waals surface area (Å²) in [6, 6.07) is 8.97. The maximum Gasteiger partial charge on any atom is 0.0378 e. The van der Waals surface area contributed by atoms with Gasteiger partial charge in [0.1, 0.15) is 0 Å². The number of hydrogen-bond acceptors (Lipinski definition) is 3. The lowest BCUT2D eigenvalue weighted by molar-refractivity contribution is 0.589. The number of nitrogens with one attached hydrogen (secondary N) is 1. The fraction of sp³-hybridized carbons (Fsp3) is 0.571. The van der Waals surface area contributed by atoms with Crippen LogP contribution in [0.2, 0.25) is 0 Å². The molecule has 2 nitrogen and oxygen atoms in total. The van der Waals surface area contributed by atoms with Gasteiger partial charge in [-0.05, 0) is 24.6 Å². The molecular formula is C14H22N2S. The van der Waals surface area contributed by atoms with Gasteiger partial charge in [-0.1, -0.05) is 19.9 Å². The Hall–Kier alpha value is -0.670. The molecule has 1 aliphatic rings. The number of piperazine rings is 1. The molecule has 0 amide bonds. The van der Waals surface area contributed by atoms with E-state index in [4.69, 9.17) is 0 Å². The Morgan fingerprint density at radius 3 is 2.82 bits per heavy atom. The third-order valence-corrected chi connectivity index (χ3v) is 4.47. The van der Waals surface area contributed by atoms with Crippen molar-refractivity contribution >= 4 is 17.4 Å². The normalized spacial score (nSPS) is 18.1. The summed E-state index contributed by atoms with van der Waals surface area (Å²) in [7, 11) is 0. The van der Waals surface area contributed by atoms with Crippen molar-refractivity contribution in [3.8, 4) is 0 Å². The van der Waals surface area contributed by atoms with E-state index < -0.39 is 0 Å². The SMILES string of the molecule is CCC(C)Sc1cccc(N2CCNCC2)c1. The molecule has 1 N–H and O–H groups in total. The van der Waals surface area contributed by atoms with Gasteiger partial charge in [0.25, 0.3) is 0 Å². The molecule has 94 valence electrons. The first-order valence-electron chi connectivity index (χ1n) is 6.52. The van der Waals surface area contributed by atoms with E-state index in [0.717, 1.165) is 26.2 Å². The van der Waals surface area contributed by atoms with E-state index in [2.05, 4.69) is 48.3 Å². The molecule has 1 aliphatic heterocycles. The lowest BCUT2D eigenvalue weighted by Crippen LogP contribution is -2.43. The summed E-state index contributed by atoms with van der Waals surface area (Å²) >= 11 is 1.98. The zero-order chi connectivity index (χ0) is 12.1. The Bertz CT molecular complexity index is 348. The highest BCUT2D eigenvalue weighted by Gasteiger charge is 2.11. The monoisotopic (exact) mass is 250 g/mol. The van der Waals surface area contributed by atoms with Gasteiger partial charge < -0.3 is 10.2 Å². The topological polar surface area (TPSA) is 15.3 Å². The van der Waals surface area contributed by atoms with Crippen molar-refractivity contribution in [2.24, 2.45) is 0 Å². The van der Waals surface area contributed by atoms with E-state index >= 15 is 0 Å². The number of anilines is 1. The molecule has 0 saturated carbocycles. The predicted molar refractivity (Wildman–Crippen MR) is 77.1 cm³/mol. The van der Waals surface area contributed by atoms with Gasteiger partial charge >= 0.3 is 0 Å². The van der Waals surface area contributed by atoms with Crippen LogP contribution in [-0.4, -0.2) is 31.4 Å². The Morgan fingerprint density at radius 1 is 1.35 bits per heavy atom. The van der Waals surface area contributed by atoms with Gasteiger partial charge in [0.2, 0.25) is 0 Å². The quantitative estimate of drug-likeness (QED) is 0.827. The fourth-order valence-electron chi connectivity index (χ4n) is 1.99. The zero-order valence-electron chi connectivity index (χ0n) is 10.8. The predicted octanol–water partition coefficient (Wildman–Crippen LogP) is 2.99. The minimum absolute atomic E-state index is 0.702. The Morgan fingerprint density at radius 2 is 2.12 bits per heavy atom. The standard InChI is InChI=1S/C14H22N2S/c1-3-12(2)17-14-6-4-5-13(11-14)16-9-7-15-8-10-16/h4-6,11-12,15H,3,7-10H2,1-2H3. The highest BCUT2D eigenvalue weighted by Crippen LogP contribution is 2.28. The van der Waals surface area contributed by atoms with Crippen LogP contribution in [0.15, 0.2) is 29.2 Å². The number of rotatable bonds is 4. The van der Waals surface area contributed by atoms with Crippen LogP contribution in [0.4, 0.5) is 5.69 Å². The average molecular weight is 250 g/mol. The molecule has 1 fully saturated rings. The molecule has 1 saturated heterocycles. The van der Waals surface area contributed by atoms with Crippen molar-refractivity contribution < 1.29 is 0 Å². The van der Waals surface area contributed by atoms with Crippen LogP contribution >= 0.6 is 11.8 Å². The van der Waals surface area contributed by atoms with E-state index in [-0.39, 0.29) is 0 Å². The smallest absolute Gasteiger partial charge is 0.0378 e. The van der Waals surface area contributed by atoms with Crippen molar-refractivity contribution in [3.63, 3.8) is 0 Å². The lowest BCUT2D eigenvalue weighted by Gasteiger charge is -2.29. The second-order valence-electron chi connectivity index (χ2n) is 4.57. The van der Waals surface area contributed by atoms with Gasteiger partial charge in [0.05, 0.1) is 0 Å². The molecule has 1 heterocycles. The second kappa shape index (κ2) is 6.31. The minimum atomic E-state index is 0.702. The van der Waals surface area contributed by atoms with Gasteiger partial charge in [-0.25, -0.2) is 0 Å². The molecule has 0 spiro atoms. The Labute approximate surface area is 109 Å². The van der Waals surface area contributed by atoms with Crippen LogP contribution in [0.3, 0.4) is 0 Å². The van der Waals surface area contributed by atoms with Gasteiger partial charge in [0, 0.05) is 42.0 Å². The van der Waals surface area contributed by atoms with E-state index in [1.54, 1.807) is 0 Å². The van der Waals surface area contributed by atoms with E-state index in [9.17, 15) is 0 Å². The largest absolute Gasteiger partial charge is 0.369 e. The Balaban J connectivity index is 2.05. The first kappa shape index (κ1) is 12.8. The first-order valence-corrected chi connectivity index (χ1v) is 7.40. The molecule has 0 radical (unpaired) electrons. The van der Waals surface area contributed by atoms with Crippen LogP contribution in [0.1, 0.15) is 20.3 Å². The summed E-state index contributed by atoms with van der Waals surface area (Å²) in [5.74, 6) is 0. The molecule has 1 aromatic carbocycles. The average Bonchev–Trinajstić information content (AvgIpc) is 2.40. The van der Waals surface area contributed by atoms with Crippen LogP contribution in [0, 0.1) is 0 Å². The maximum absolute atomic E-state index is 3.39. The van der Waals surface area contributed by atoms with Crippen molar-refractivity contribution in [1.82, 2.24) is 5.32 Å². The summed E-state index contributed by atoms with van der Waals surface area (Å²) in [6.45, 7) is 8.99. The van der Waals surface area contributed by atoms with Crippen LogP contribution in [-0.2, 0) is 0 Å². The minimum Gasteiger partial charge on any atom is -0.369 e.